The van der Waals surface area contributed by atoms with E-state index >= 15 is 0 Å². The van der Waals surface area contributed by atoms with Crippen LogP contribution in [0, 0.1) is 12.3 Å². The number of carboxylic acids is 1. The molecule has 1 aliphatic carbocycles. The minimum atomic E-state index is -0.804. The number of rotatable bonds is 11. The Kier molecular flexibility index (Phi) is 9.67. The lowest BCUT2D eigenvalue weighted by Gasteiger charge is -2.36. The summed E-state index contributed by atoms with van der Waals surface area (Å²) in [6.45, 7) is 9.21. The fourth-order valence-corrected chi connectivity index (χ4v) is 6.77. The van der Waals surface area contributed by atoms with Gasteiger partial charge in [0, 0.05) is 42.7 Å². The number of aryl methyl sites for hydroxylation is 3. The van der Waals surface area contributed by atoms with Crippen LogP contribution in [0.1, 0.15) is 105 Å². The summed E-state index contributed by atoms with van der Waals surface area (Å²) < 4.78 is 18.2. The number of ether oxygens (including phenoxy) is 3. The fourth-order valence-electron chi connectivity index (χ4n) is 6.77. The van der Waals surface area contributed by atoms with Crippen molar-refractivity contribution in [3.8, 4) is 5.75 Å². The lowest BCUT2D eigenvalue weighted by atomic mass is 9.82. The molecule has 2 fully saturated rings. The maximum Gasteiger partial charge on any atom is 0.325 e. The van der Waals surface area contributed by atoms with E-state index < -0.39 is 12.0 Å². The number of aliphatic carboxylic acids is 1. The number of benzene rings is 1. The van der Waals surface area contributed by atoms with E-state index in [1.165, 1.54) is 24.1 Å². The number of methoxy groups -OCH3 is 1. The van der Waals surface area contributed by atoms with Crippen molar-refractivity contribution in [2.24, 2.45) is 5.41 Å². The molecule has 5 rings (SSSR count). The Labute approximate surface area is 245 Å². The molecule has 0 saturated carbocycles. The van der Waals surface area contributed by atoms with Crippen LogP contribution in [0.25, 0.3) is 0 Å². The van der Waals surface area contributed by atoms with E-state index in [0.717, 1.165) is 79.5 Å². The molecule has 2 aromatic rings. The number of nitrogens with zero attached hydrogens (tertiary/aromatic N) is 2. The zero-order valence-electron chi connectivity index (χ0n) is 25.4. The van der Waals surface area contributed by atoms with Crippen LogP contribution < -0.4 is 4.74 Å². The highest BCUT2D eigenvalue weighted by atomic mass is 16.5. The van der Waals surface area contributed by atoms with Crippen molar-refractivity contribution in [2.45, 2.75) is 103 Å². The van der Waals surface area contributed by atoms with Gasteiger partial charge in [0.05, 0.1) is 25.9 Å². The molecule has 224 valence electrons. The third kappa shape index (κ3) is 7.30. The molecule has 0 radical (unpaired) electrons. The highest BCUT2D eigenvalue weighted by Crippen LogP contribution is 2.41. The first-order valence-corrected chi connectivity index (χ1v) is 15.6. The van der Waals surface area contributed by atoms with Gasteiger partial charge in [0.25, 0.3) is 0 Å². The number of carboxylic acid groups (broad SMARTS) is 1. The van der Waals surface area contributed by atoms with Crippen LogP contribution in [0.5, 0.6) is 5.75 Å². The summed E-state index contributed by atoms with van der Waals surface area (Å²) >= 11 is 0. The van der Waals surface area contributed by atoms with E-state index in [0.29, 0.717) is 26.3 Å². The van der Waals surface area contributed by atoms with Crippen molar-refractivity contribution in [3.05, 3.63) is 57.9 Å². The molecule has 1 N–H and O–H groups in total. The second kappa shape index (κ2) is 13.2. The second-order valence-corrected chi connectivity index (χ2v) is 13.1. The number of aromatic nitrogens is 1. The zero-order valence-corrected chi connectivity index (χ0v) is 25.4. The summed E-state index contributed by atoms with van der Waals surface area (Å²) in [7, 11) is 1.76. The van der Waals surface area contributed by atoms with E-state index in [1.54, 1.807) is 7.11 Å². The van der Waals surface area contributed by atoms with Gasteiger partial charge < -0.3 is 19.3 Å². The monoisotopic (exact) mass is 564 g/mol. The van der Waals surface area contributed by atoms with Gasteiger partial charge in [0.2, 0.25) is 0 Å². The van der Waals surface area contributed by atoms with Gasteiger partial charge in [-0.25, -0.2) is 0 Å². The molecule has 3 heterocycles. The Balaban J connectivity index is 1.15. The first-order chi connectivity index (χ1) is 19.7. The largest absolute Gasteiger partial charge is 0.496 e. The van der Waals surface area contributed by atoms with E-state index in [4.69, 9.17) is 19.2 Å². The quantitative estimate of drug-likeness (QED) is 0.317. The van der Waals surface area contributed by atoms with Crippen molar-refractivity contribution in [3.63, 3.8) is 0 Å². The molecule has 2 unspecified atom stereocenters. The molecule has 2 saturated heterocycles. The molecule has 0 spiro atoms. The summed E-state index contributed by atoms with van der Waals surface area (Å²) in [4.78, 5) is 19.7. The van der Waals surface area contributed by atoms with E-state index in [1.807, 2.05) is 6.92 Å². The Morgan fingerprint density at radius 1 is 1.20 bits per heavy atom. The molecule has 7 nitrogen and oxygen atoms in total. The minimum absolute atomic E-state index is 0.0544. The Morgan fingerprint density at radius 2 is 2.02 bits per heavy atom. The van der Waals surface area contributed by atoms with Crippen molar-refractivity contribution in [1.82, 2.24) is 9.88 Å². The molecule has 3 atom stereocenters. The summed E-state index contributed by atoms with van der Waals surface area (Å²) in [6, 6.07) is 7.63. The number of pyridine rings is 1. The summed E-state index contributed by atoms with van der Waals surface area (Å²) in [5.74, 6) is 0.192. The average Bonchev–Trinajstić information content (AvgIpc) is 3.41. The molecule has 1 aromatic carbocycles. The third-order valence-corrected chi connectivity index (χ3v) is 9.13. The molecule has 0 amide bonds. The van der Waals surface area contributed by atoms with Crippen LogP contribution >= 0.6 is 0 Å². The molecule has 3 aliphatic rings. The topological polar surface area (TPSA) is 81.1 Å². The number of likely N-dealkylation sites (tertiary alicyclic amines) is 1. The van der Waals surface area contributed by atoms with Crippen LogP contribution in [0.2, 0.25) is 0 Å². The van der Waals surface area contributed by atoms with Gasteiger partial charge in [-0.3, -0.25) is 14.7 Å². The molecule has 0 bridgehead atoms. The molecule has 7 heteroatoms. The predicted molar refractivity (Wildman–Crippen MR) is 160 cm³/mol. The fraction of sp³-hybridized carbons (Fsp3) is 0.647. The lowest BCUT2D eigenvalue weighted by Crippen LogP contribution is -2.35. The second-order valence-electron chi connectivity index (χ2n) is 13.1. The summed E-state index contributed by atoms with van der Waals surface area (Å²) in [5.41, 5.74) is 6.76. The number of carbonyl (C=O) groups is 1. The van der Waals surface area contributed by atoms with Gasteiger partial charge in [-0.1, -0.05) is 37.6 Å². The first kappa shape index (κ1) is 30.0. The van der Waals surface area contributed by atoms with Gasteiger partial charge >= 0.3 is 5.97 Å². The molecule has 1 aromatic heterocycles. The van der Waals surface area contributed by atoms with Crippen LogP contribution in [0.4, 0.5) is 0 Å². The molecular weight excluding hydrogens is 516 g/mol. The smallest absolute Gasteiger partial charge is 0.325 e. The van der Waals surface area contributed by atoms with E-state index in [9.17, 15) is 9.90 Å². The number of fused-ring (bicyclic) bond motifs is 1. The van der Waals surface area contributed by atoms with Gasteiger partial charge in [0.15, 0.2) is 0 Å². The average molecular weight is 565 g/mol. The Morgan fingerprint density at radius 3 is 2.78 bits per heavy atom. The number of hydrogen-bond donors (Lipinski definition) is 1. The van der Waals surface area contributed by atoms with Gasteiger partial charge in [-0.2, -0.15) is 0 Å². The third-order valence-electron chi connectivity index (χ3n) is 9.13. The van der Waals surface area contributed by atoms with Gasteiger partial charge in [-0.15, -0.1) is 0 Å². The summed E-state index contributed by atoms with van der Waals surface area (Å²) in [5, 5.41) is 10.4. The van der Waals surface area contributed by atoms with Crippen molar-refractivity contribution in [1.29, 1.82) is 0 Å². The Hall–Kier alpha value is -2.48. The van der Waals surface area contributed by atoms with Gasteiger partial charge in [-0.05, 0) is 87.7 Å². The number of unbranched alkanes of at least 4 members (excludes halogenated alkanes) is 1. The zero-order chi connectivity index (χ0) is 29.0. The van der Waals surface area contributed by atoms with Crippen molar-refractivity contribution >= 4 is 5.97 Å². The van der Waals surface area contributed by atoms with Crippen molar-refractivity contribution in [2.75, 3.05) is 33.4 Å². The highest BCUT2D eigenvalue weighted by molar-refractivity contribution is 5.76. The normalized spacial score (nSPS) is 23.2. The van der Waals surface area contributed by atoms with Gasteiger partial charge in [0.1, 0.15) is 11.8 Å². The highest BCUT2D eigenvalue weighted by Gasteiger charge is 2.37. The molecule has 2 aliphatic heterocycles. The van der Waals surface area contributed by atoms with Crippen LogP contribution in [0.3, 0.4) is 0 Å². The Bertz CT molecular complexity index is 1180. The lowest BCUT2D eigenvalue weighted by molar-refractivity contribution is -0.143. The SMILES string of the molecule is COc1cc(CCCCO[C@@H]2CCN(C(C(=O)O)c3cc(C)ccc3C3CCC(C)(C)CO3)C2)nc2c1CCCC2. The van der Waals surface area contributed by atoms with Crippen LogP contribution in [-0.4, -0.2) is 60.5 Å². The first-order valence-electron chi connectivity index (χ1n) is 15.6. The van der Waals surface area contributed by atoms with Crippen LogP contribution in [0.15, 0.2) is 24.3 Å². The minimum Gasteiger partial charge on any atom is -0.496 e. The van der Waals surface area contributed by atoms with E-state index in [2.05, 4.69) is 43.0 Å². The van der Waals surface area contributed by atoms with Crippen molar-refractivity contribution < 1.29 is 24.1 Å². The maximum absolute atomic E-state index is 12.7. The summed E-state index contributed by atoms with van der Waals surface area (Å²) in [6.07, 6.45) is 10.3. The van der Waals surface area contributed by atoms with E-state index in [-0.39, 0.29) is 17.6 Å². The standard InChI is InChI=1S/C34H48N2O5/c1-23-12-13-26(30-14-16-34(2,3)22-41-30)28(19-23)32(33(37)38)36-17-15-25(21-36)40-18-8-7-9-24-20-31(39-4)27-10-5-6-11-29(27)35-24/h12-13,19-20,25,30,32H,5-11,14-18,21-22H2,1-4H3,(H,37,38)/t25-,30?,32?/m1/s1. The van der Waals surface area contributed by atoms with Crippen LogP contribution in [-0.2, 0) is 33.5 Å². The maximum atomic E-state index is 12.7. The number of hydrogen-bond acceptors (Lipinski definition) is 6. The molecular formula is C34H48N2O5. The molecule has 41 heavy (non-hydrogen) atoms. The predicted octanol–water partition coefficient (Wildman–Crippen LogP) is 6.39.